The van der Waals surface area contributed by atoms with Crippen LogP contribution in [-0.4, -0.2) is 22.5 Å². The summed E-state index contributed by atoms with van der Waals surface area (Å²) in [6.45, 7) is 0.742. The molecule has 2 heterocycles. The Morgan fingerprint density at radius 1 is 1.24 bits per heavy atom. The number of hydrogen-bond donors (Lipinski definition) is 4. The number of aromatic nitrogens is 2. The Bertz CT molecular complexity index is 817. The number of nitrogens with zero attached hydrogens (tertiary/aromatic N) is 1. The van der Waals surface area contributed by atoms with Crippen molar-refractivity contribution in [3.63, 3.8) is 0 Å². The lowest BCUT2D eigenvalue weighted by Gasteiger charge is -2.00. The van der Waals surface area contributed by atoms with Crippen LogP contribution in [0.25, 0.3) is 21.8 Å². The predicted octanol–water partition coefficient (Wildman–Crippen LogP) is 0.765. The summed E-state index contributed by atoms with van der Waals surface area (Å²) in [6.07, 6.45) is 3.65. The number of nitrogens with two attached hydrogens (primary N) is 2. The van der Waals surface area contributed by atoms with Crippen molar-refractivity contribution in [1.82, 2.24) is 9.97 Å². The highest BCUT2D eigenvalue weighted by Crippen LogP contribution is 2.28. The second-order valence-corrected chi connectivity index (χ2v) is 5.90. The highest BCUT2D eigenvalue weighted by atomic mass is 79.9. The third-order valence-electron chi connectivity index (χ3n) is 3.48. The molecule has 0 unspecified atom stereocenters. The molecule has 6 heteroatoms. The lowest BCUT2D eigenvalue weighted by molar-refractivity contribution is -0.459. The van der Waals surface area contributed by atoms with Gasteiger partial charge in [-0.05, 0) is 31.0 Å². The van der Waals surface area contributed by atoms with E-state index in [2.05, 4.69) is 55.2 Å². The van der Waals surface area contributed by atoms with Crippen molar-refractivity contribution >= 4 is 43.7 Å². The second-order valence-electron chi connectivity index (χ2n) is 4.98. The lowest BCUT2D eigenvalue weighted by Crippen LogP contribution is -2.78. The highest BCUT2D eigenvalue weighted by molar-refractivity contribution is 9.10. The summed E-state index contributed by atoms with van der Waals surface area (Å²) in [6, 6.07) is 8.31. The number of nitrogens with one attached hydrogen (secondary N) is 2. The normalized spacial score (nSPS) is 11.1. The molecule has 0 aliphatic carbocycles. The molecule has 108 valence electrons. The third-order valence-corrected chi connectivity index (χ3v) is 3.97. The minimum atomic E-state index is 0.261. The van der Waals surface area contributed by atoms with Gasteiger partial charge in [0.1, 0.15) is 0 Å². The number of guanidine groups is 1. The maximum Gasteiger partial charge on any atom is 0.338 e. The van der Waals surface area contributed by atoms with Crippen molar-refractivity contribution in [3.05, 3.63) is 40.6 Å². The number of rotatable bonds is 4. The molecule has 0 aliphatic heterocycles. The number of aryl methyl sites for hydroxylation is 1. The zero-order valence-corrected chi connectivity index (χ0v) is 13.1. The number of pyridine rings is 1. The summed E-state index contributed by atoms with van der Waals surface area (Å²) in [5.74, 6) is 0.261. The van der Waals surface area contributed by atoms with Gasteiger partial charge < -0.3 is 4.98 Å². The zero-order valence-electron chi connectivity index (χ0n) is 11.5. The fraction of sp³-hybridized carbons (Fsp3) is 0.200. The van der Waals surface area contributed by atoms with Gasteiger partial charge in [-0.3, -0.25) is 21.4 Å². The third kappa shape index (κ3) is 2.85. The zero-order chi connectivity index (χ0) is 14.8. The topological polar surface area (TPSA) is 94.7 Å². The van der Waals surface area contributed by atoms with E-state index in [1.165, 1.54) is 10.8 Å². The second kappa shape index (κ2) is 5.73. The van der Waals surface area contributed by atoms with Crippen LogP contribution < -0.4 is 16.5 Å². The molecule has 0 spiro atoms. The molecule has 0 bridgehead atoms. The maximum atomic E-state index is 5.38. The van der Waals surface area contributed by atoms with E-state index in [1.54, 1.807) is 0 Å². The molecule has 2 aromatic heterocycles. The van der Waals surface area contributed by atoms with Crippen molar-refractivity contribution in [2.45, 2.75) is 12.8 Å². The predicted molar refractivity (Wildman–Crippen MR) is 88.8 cm³/mol. The van der Waals surface area contributed by atoms with Crippen molar-refractivity contribution in [2.75, 3.05) is 6.54 Å². The van der Waals surface area contributed by atoms with Crippen molar-refractivity contribution in [2.24, 2.45) is 11.5 Å². The van der Waals surface area contributed by atoms with Gasteiger partial charge in [0, 0.05) is 27.0 Å². The first-order valence-corrected chi connectivity index (χ1v) is 7.61. The minimum Gasteiger partial charge on any atom is -0.353 e. The molecule has 6 N–H and O–H groups in total. The largest absolute Gasteiger partial charge is 0.353 e. The van der Waals surface area contributed by atoms with Crippen molar-refractivity contribution in [1.29, 1.82) is 0 Å². The Balaban J connectivity index is 1.96. The van der Waals surface area contributed by atoms with Gasteiger partial charge in [-0.2, -0.15) is 0 Å². The fourth-order valence-electron chi connectivity index (χ4n) is 2.54. The molecule has 3 aromatic rings. The van der Waals surface area contributed by atoms with Crippen LogP contribution in [0.5, 0.6) is 0 Å². The quantitative estimate of drug-likeness (QED) is 0.319. The molecule has 5 nitrogen and oxygen atoms in total. The molecule has 0 saturated carbocycles. The first-order chi connectivity index (χ1) is 10.1. The molecule has 0 saturated heterocycles. The summed E-state index contributed by atoms with van der Waals surface area (Å²) in [4.78, 5) is 10.9. The van der Waals surface area contributed by atoms with Crippen LogP contribution in [0.4, 0.5) is 0 Å². The van der Waals surface area contributed by atoms with Gasteiger partial charge in [0.2, 0.25) is 0 Å². The average Bonchev–Trinajstić information content (AvgIpc) is 2.81. The first kappa shape index (κ1) is 13.9. The van der Waals surface area contributed by atoms with E-state index in [4.69, 9.17) is 11.5 Å². The van der Waals surface area contributed by atoms with E-state index in [0.717, 1.165) is 40.6 Å². The number of halogens is 1. The van der Waals surface area contributed by atoms with E-state index < -0.39 is 0 Å². The summed E-state index contributed by atoms with van der Waals surface area (Å²) in [5.41, 5.74) is 14.1. The van der Waals surface area contributed by atoms with Gasteiger partial charge in [0.15, 0.2) is 0 Å². The molecular weight excluding hydrogens is 330 g/mol. The monoisotopic (exact) mass is 346 g/mol. The molecule has 0 amide bonds. The standard InChI is InChI=1S/C15H16BrN5/c16-9-3-4-10-11-5-7-19-12(2-1-6-20-15(17)18)14(11)21-13(10)8-9/h3-5,7-8,21H,1-2,6H2,(H4,17,18,20)/p+1. The number of H-pyrrole nitrogens is 1. The van der Waals surface area contributed by atoms with Gasteiger partial charge >= 0.3 is 5.96 Å². The summed E-state index contributed by atoms with van der Waals surface area (Å²) in [5, 5.41) is 2.43. The molecule has 0 fully saturated rings. The van der Waals surface area contributed by atoms with Crippen LogP contribution in [-0.2, 0) is 6.42 Å². The van der Waals surface area contributed by atoms with Gasteiger partial charge in [-0.15, -0.1) is 0 Å². The number of hydrogen-bond acceptors (Lipinski definition) is 1. The Labute approximate surface area is 130 Å². The van der Waals surface area contributed by atoms with E-state index >= 15 is 0 Å². The SMILES string of the molecule is NC(N)=[NH+]CCCc1nccc2c1[nH]c1cc(Br)ccc12. The molecule has 21 heavy (non-hydrogen) atoms. The van der Waals surface area contributed by atoms with E-state index in [9.17, 15) is 0 Å². The van der Waals surface area contributed by atoms with Crippen LogP contribution in [0, 0.1) is 0 Å². The molecular formula is C15H17BrN5+. The van der Waals surface area contributed by atoms with Gasteiger partial charge in [0.05, 0.1) is 17.8 Å². The maximum absolute atomic E-state index is 5.38. The number of benzene rings is 1. The van der Waals surface area contributed by atoms with E-state index in [0.29, 0.717) is 0 Å². The van der Waals surface area contributed by atoms with Gasteiger partial charge in [-0.25, -0.2) is 0 Å². The Hall–Kier alpha value is -2.08. The van der Waals surface area contributed by atoms with Crippen LogP contribution in [0.3, 0.4) is 0 Å². The molecule has 1 aromatic carbocycles. The summed E-state index contributed by atoms with van der Waals surface area (Å²) >= 11 is 3.50. The molecule has 3 rings (SSSR count). The Kier molecular flexibility index (Phi) is 3.79. The molecule has 0 radical (unpaired) electrons. The first-order valence-electron chi connectivity index (χ1n) is 6.82. The Morgan fingerprint density at radius 2 is 2.10 bits per heavy atom. The molecule has 0 atom stereocenters. The van der Waals surface area contributed by atoms with Gasteiger partial charge in [0.25, 0.3) is 0 Å². The smallest absolute Gasteiger partial charge is 0.338 e. The Morgan fingerprint density at radius 3 is 2.90 bits per heavy atom. The van der Waals surface area contributed by atoms with Gasteiger partial charge in [-0.1, -0.05) is 22.0 Å². The highest BCUT2D eigenvalue weighted by Gasteiger charge is 2.09. The lowest BCUT2D eigenvalue weighted by atomic mass is 10.1. The fourth-order valence-corrected chi connectivity index (χ4v) is 2.90. The van der Waals surface area contributed by atoms with E-state index in [1.807, 2.05) is 6.20 Å². The minimum absolute atomic E-state index is 0.261. The number of fused-ring (bicyclic) bond motifs is 3. The van der Waals surface area contributed by atoms with Crippen molar-refractivity contribution < 1.29 is 4.99 Å². The van der Waals surface area contributed by atoms with Crippen LogP contribution >= 0.6 is 15.9 Å². The average molecular weight is 347 g/mol. The molecule has 0 aliphatic rings. The summed E-state index contributed by atoms with van der Waals surface area (Å²) < 4.78 is 1.06. The van der Waals surface area contributed by atoms with Crippen LogP contribution in [0.2, 0.25) is 0 Å². The van der Waals surface area contributed by atoms with E-state index in [-0.39, 0.29) is 5.96 Å². The van der Waals surface area contributed by atoms with Crippen LogP contribution in [0.1, 0.15) is 12.1 Å². The van der Waals surface area contributed by atoms with Crippen molar-refractivity contribution in [3.8, 4) is 0 Å². The summed E-state index contributed by atoms with van der Waals surface area (Å²) in [7, 11) is 0. The number of aromatic amines is 1. The van der Waals surface area contributed by atoms with Crippen LogP contribution in [0.15, 0.2) is 34.9 Å².